The molecule has 0 saturated carbocycles. The quantitative estimate of drug-likeness (QED) is 0.777. The fourth-order valence-electron chi connectivity index (χ4n) is 3.52. The highest BCUT2D eigenvalue weighted by atomic mass is 16.3. The van der Waals surface area contributed by atoms with Crippen molar-refractivity contribution in [3.8, 4) is 0 Å². The van der Waals surface area contributed by atoms with Gasteiger partial charge in [0.2, 0.25) is 5.91 Å². The normalized spacial score (nSPS) is 14.7. The van der Waals surface area contributed by atoms with Crippen LogP contribution in [0.4, 0.5) is 0 Å². The number of hydrogen-bond donors (Lipinski definition) is 1. The summed E-state index contributed by atoms with van der Waals surface area (Å²) in [5, 5.41) is 15.1. The molecule has 0 fully saturated rings. The Hall–Kier alpha value is -2.92. The molecule has 0 radical (unpaired) electrons. The Morgan fingerprint density at radius 3 is 2.63 bits per heavy atom. The molecule has 0 saturated heterocycles. The number of rotatable bonds is 4. The van der Waals surface area contributed by atoms with E-state index in [4.69, 9.17) is 0 Å². The largest absolute Gasteiger partial charge is 0.382 e. The van der Waals surface area contributed by atoms with Gasteiger partial charge in [0.05, 0.1) is 30.9 Å². The molecule has 5 nitrogen and oxygen atoms in total. The van der Waals surface area contributed by atoms with Crippen molar-refractivity contribution in [3.63, 3.8) is 0 Å². The van der Waals surface area contributed by atoms with E-state index in [0.717, 1.165) is 22.4 Å². The van der Waals surface area contributed by atoms with E-state index in [1.165, 1.54) is 0 Å². The van der Waals surface area contributed by atoms with Gasteiger partial charge in [-0.25, -0.2) is 0 Å². The van der Waals surface area contributed by atoms with Crippen LogP contribution in [-0.4, -0.2) is 32.2 Å². The summed E-state index contributed by atoms with van der Waals surface area (Å²) in [5.74, 6) is 0.127. The number of aliphatic hydroxyl groups is 1. The number of carbonyl (C=O) groups excluding carboxylic acids is 1. The minimum absolute atomic E-state index is 0.127. The van der Waals surface area contributed by atoms with Gasteiger partial charge >= 0.3 is 0 Å². The van der Waals surface area contributed by atoms with Crippen LogP contribution in [0.1, 0.15) is 34.2 Å². The Morgan fingerprint density at radius 1 is 1.11 bits per heavy atom. The molecule has 1 aliphatic rings. The van der Waals surface area contributed by atoms with E-state index in [0.29, 0.717) is 31.7 Å². The minimum Gasteiger partial charge on any atom is -0.382 e. The van der Waals surface area contributed by atoms with Crippen molar-refractivity contribution < 1.29 is 9.90 Å². The highest BCUT2D eigenvalue weighted by Crippen LogP contribution is 2.24. The van der Waals surface area contributed by atoms with Crippen LogP contribution in [0, 0.1) is 6.92 Å². The summed E-state index contributed by atoms with van der Waals surface area (Å²) in [6, 6.07) is 19.4. The Kier molecular flexibility index (Phi) is 4.77. The van der Waals surface area contributed by atoms with Crippen LogP contribution in [0.15, 0.2) is 60.7 Å². The molecule has 0 bridgehead atoms. The maximum Gasteiger partial charge on any atom is 0.227 e. The number of nitrogens with zero attached hydrogens (tertiary/aromatic N) is 3. The highest BCUT2D eigenvalue weighted by molar-refractivity contribution is 5.79. The average molecular weight is 361 g/mol. The monoisotopic (exact) mass is 361 g/mol. The van der Waals surface area contributed by atoms with Crippen molar-refractivity contribution in [2.45, 2.75) is 32.5 Å². The lowest BCUT2D eigenvalue weighted by Crippen LogP contribution is -2.39. The third-order valence-corrected chi connectivity index (χ3v) is 5.17. The van der Waals surface area contributed by atoms with E-state index < -0.39 is 6.10 Å². The van der Waals surface area contributed by atoms with Gasteiger partial charge in [-0.3, -0.25) is 9.48 Å². The highest BCUT2D eigenvalue weighted by Gasteiger charge is 2.24. The van der Waals surface area contributed by atoms with Gasteiger partial charge in [-0.05, 0) is 29.7 Å². The first-order valence-corrected chi connectivity index (χ1v) is 9.24. The van der Waals surface area contributed by atoms with Crippen LogP contribution in [0.25, 0.3) is 0 Å². The standard InChI is InChI=1S/C22H23N3O2/c1-16-7-5-6-10-18(16)13-21(26)24-11-12-25-19(15-24)14-20(23-25)22(27)17-8-3-2-4-9-17/h2-10,14,22,27H,11-13,15H2,1H3/t22-/m0/s1. The first-order chi connectivity index (χ1) is 13.1. The second kappa shape index (κ2) is 7.37. The molecule has 0 aliphatic carbocycles. The molecule has 27 heavy (non-hydrogen) atoms. The summed E-state index contributed by atoms with van der Waals surface area (Å²) in [6.07, 6.45) is -0.333. The number of amides is 1. The Balaban J connectivity index is 1.48. The minimum atomic E-state index is -0.750. The fourth-order valence-corrected chi connectivity index (χ4v) is 3.52. The number of fused-ring (bicyclic) bond motifs is 1. The van der Waals surface area contributed by atoms with E-state index in [9.17, 15) is 9.90 Å². The number of carbonyl (C=O) groups is 1. The molecule has 1 amide bonds. The van der Waals surface area contributed by atoms with Gasteiger partial charge in [-0.15, -0.1) is 0 Å². The summed E-state index contributed by atoms with van der Waals surface area (Å²) in [6.45, 7) is 3.85. The lowest BCUT2D eigenvalue weighted by Gasteiger charge is -2.28. The van der Waals surface area contributed by atoms with Gasteiger partial charge in [0.25, 0.3) is 0 Å². The number of aliphatic hydroxyl groups excluding tert-OH is 1. The molecule has 0 unspecified atom stereocenters. The molecule has 0 spiro atoms. The number of aromatic nitrogens is 2. The van der Waals surface area contributed by atoms with Gasteiger partial charge in [0.1, 0.15) is 6.10 Å². The van der Waals surface area contributed by atoms with E-state index in [2.05, 4.69) is 5.10 Å². The first kappa shape index (κ1) is 17.5. The van der Waals surface area contributed by atoms with Crippen molar-refractivity contribution in [1.29, 1.82) is 0 Å². The average Bonchev–Trinajstić information content (AvgIpc) is 3.13. The Bertz CT molecular complexity index is 949. The summed E-state index contributed by atoms with van der Waals surface area (Å²) in [5.41, 5.74) is 4.62. The number of aryl methyl sites for hydroxylation is 1. The van der Waals surface area contributed by atoms with Gasteiger partial charge in [-0.1, -0.05) is 54.6 Å². The molecule has 2 aromatic carbocycles. The molecular formula is C22H23N3O2. The van der Waals surface area contributed by atoms with Crippen LogP contribution in [0.3, 0.4) is 0 Å². The predicted molar refractivity (Wildman–Crippen MR) is 103 cm³/mol. The first-order valence-electron chi connectivity index (χ1n) is 9.24. The van der Waals surface area contributed by atoms with Gasteiger partial charge in [0, 0.05) is 6.54 Å². The van der Waals surface area contributed by atoms with Crippen molar-refractivity contribution in [1.82, 2.24) is 14.7 Å². The fraction of sp³-hybridized carbons (Fsp3) is 0.273. The third-order valence-electron chi connectivity index (χ3n) is 5.17. The third kappa shape index (κ3) is 3.64. The zero-order valence-electron chi connectivity index (χ0n) is 15.4. The van der Waals surface area contributed by atoms with Crippen LogP contribution in [0.2, 0.25) is 0 Å². The molecule has 1 atom stereocenters. The molecular weight excluding hydrogens is 338 g/mol. The van der Waals surface area contributed by atoms with Gasteiger partial charge < -0.3 is 10.0 Å². The lowest BCUT2D eigenvalue weighted by molar-refractivity contribution is -0.132. The van der Waals surface area contributed by atoms with Gasteiger partial charge in [-0.2, -0.15) is 5.10 Å². The SMILES string of the molecule is Cc1ccccc1CC(=O)N1CCn2nc([C@@H](O)c3ccccc3)cc2C1. The Morgan fingerprint density at radius 2 is 1.85 bits per heavy atom. The van der Waals surface area contributed by atoms with E-state index in [1.54, 1.807) is 0 Å². The number of hydrogen-bond acceptors (Lipinski definition) is 3. The van der Waals surface area contributed by atoms with Crippen molar-refractivity contribution in [3.05, 3.63) is 88.7 Å². The maximum absolute atomic E-state index is 12.7. The van der Waals surface area contributed by atoms with Crippen LogP contribution >= 0.6 is 0 Å². The second-order valence-corrected chi connectivity index (χ2v) is 7.02. The second-order valence-electron chi connectivity index (χ2n) is 7.02. The van der Waals surface area contributed by atoms with E-state index in [-0.39, 0.29) is 5.91 Å². The molecule has 2 heterocycles. The van der Waals surface area contributed by atoms with Crippen molar-refractivity contribution in [2.24, 2.45) is 0 Å². The van der Waals surface area contributed by atoms with Crippen LogP contribution in [0.5, 0.6) is 0 Å². The van der Waals surface area contributed by atoms with Crippen LogP contribution < -0.4 is 0 Å². The summed E-state index contributed by atoms with van der Waals surface area (Å²) < 4.78 is 1.90. The summed E-state index contributed by atoms with van der Waals surface area (Å²) in [7, 11) is 0. The molecule has 3 aromatic rings. The zero-order valence-corrected chi connectivity index (χ0v) is 15.4. The smallest absolute Gasteiger partial charge is 0.227 e. The van der Waals surface area contributed by atoms with Gasteiger partial charge in [0.15, 0.2) is 0 Å². The molecule has 4 rings (SSSR count). The maximum atomic E-state index is 12.7. The Labute approximate surface area is 158 Å². The number of benzene rings is 2. The van der Waals surface area contributed by atoms with Crippen molar-refractivity contribution >= 4 is 5.91 Å². The van der Waals surface area contributed by atoms with Crippen molar-refractivity contribution in [2.75, 3.05) is 6.54 Å². The van der Waals surface area contributed by atoms with E-state index in [1.807, 2.05) is 77.2 Å². The topological polar surface area (TPSA) is 58.4 Å². The summed E-state index contributed by atoms with van der Waals surface area (Å²) >= 11 is 0. The zero-order chi connectivity index (χ0) is 18.8. The van der Waals surface area contributed by atoms with E-state index >= 15 is 0 Å². The summed E-state index contributed by atoms with van der Waals surface area (Å²) in [4.78, 5) is 14.6. The molecule has 5 heteroatoms. The lowest BCUT2D eigenvalue weighted by atomic mass is 10.0. The molecule has 1 aliphatic heterocycles. The van der Waals surface area contributed by atoms with Crippen LogP contribution in [-0.2, 0) is 24.3 Å². The molecule has 1 aromatic heterocycles. The molecule has 1 N–H and O–H groups in total. The predicted octanol–water partition coefficient (Wildman–Crippen LogP) is 2.86. The molecule has 138 valence electrons.